The van der Waals surface area contributed by atoms with Crippen LogP contribution < -0.4 is 5.32 Å². The van der Waals surface area contributed by atoms with Crippen LogP contribution in [0.15, 0.2) is 59.8 Å². The van der Waals surface area contributed by atoms with Gasteiger partial charge in [-0.1, -0.05) is 47.6 Å². The highest BCUT2D eigenvalue weighted by Gasteiger charge is 2.09. The van der Waals surface area contributed by atoms with Crippen LogP contribution in [0.4, 0.5) is 0 Å². The Morgan fingerprint density at radius 1 is 1.22 bits per heavy atom. The van der Waals surface area contributed by atoms with Crippen molar-refractivity contribution in [2.45, 2.75) is 12.5 Å². The molecule has 0 fully saturated rings. The molecule has 2 aromatic rings. The lowest BCUT2D eigenvalue weighted by atomic mass is 10.1. The Kier molecular flexibility index (Phi) is 6.32. The second kappa shape index (κ2) is 8.70. The number of aliphatic hydroxyl groups excluding tert-OH is 1. The van der Waals surface area contributed by atoms with Gasteiger partial charge in [-0.05, 0) is 29.7 Å². The first-order chi connectivity index (χ1) is 11.2. The first-order valence-corrected chi connectivity index (χ1v) is 7.38. The number of amides is 1. The van der Waals surface area contributed by atoms with E-state index in [-0.39, 0.29) is 5.91 Å². The monoisotopic (exact) mass is 312 g/mol. The van der Waals surface area contributed by atoms with Crippen LogP contribution in [-0.4, -0.2) is 30.9 Å². The number of carbonyl (C=O) groups excluding carboxylic acids is 1. The summed E-state index contributed by atoms with van der Waals surface area (Å²) in [7, 11) is 1.47. The predicted molar refractivity (Wildman–Crippen MR) is 89.4 cm³/mol. The van der Waals surface area contributed by atoms with Crippen molar-refractivity contribution < 1.29 is 14.7 Å². The molecule has 23 heavy (non-hydrogen) atoms. The number of oxime groups is 1. The maximum atomic E-state index is 12.0. The highest BCUT2D eigenvalue weighted by molar-refractivity contribution is 5.94. The SMILES string of the molecule is CON=Cc1ccc(C(=O)NCCC(O)c2ccccc2)cc1. The van der Waals surface area contributed by atoms with Crippen molar-refractivity contribution >= 4 is 12.1 Å². The van der Waals surface area contributed by atoms with E-state index in [4.69, 9.17) is 0 Å². The summed E-state index contributed by atoms with van der Waals surface area (Å²) in [6, 6.07) is 16.4. The minimum Gasteiger partial charge on any atom is -0.399 e. The van der Waals surface area contributed by atoms with Crippen LogP contribution in [-0.2, 0) is 4.84 Å². The third kappa shape index (κ3) is 5.23. The molecular weight excluding hydrogens is 292 g/mol. The molecule has 0 aromatic heterocycles. The van der Waals surface area contributed by atoms with Crippen LogP contribution in [0.2, 0.25) is 0 Å². The van der Waals surface area contributed by atoms with Crippen molar-refractivity contribution in [2.24, 2.45) is 5.16 Å². The van der Waals surface area contributed by atoms with E-state index in [1.807, 2.05) is 30.3 Å². The zero-order valence-corrected chi connectivity index (χ0v) is 13.0. The molecular formula is C18H20N2O3. The van der Waals surface area contributed by atoms with Crippen molar-refractivity contribution in [1.82, 2.24) is 5.32 Å². The topological polar surface area (TPSA) is 70.9 Å². The Balaban J connectivity index is 1.81. The summed E-state index contributed by atoms with van der Waals surface area (Å²) in [6.07, 6.45) is 1.45. The molecule has 0 spiro atoms. The molecule has 1 amide bonds. The molecule has 0 bridgehead atoms. The lowest BCUT2D eigenvalue weighted by molar-refractivity contribution is 0.0942. The quantitative estimate of drug-likeness (QED) is 0.609. The minimum absolute atomic E-state index is 0.166. The number of carbonyl (C=O) groups is 1. The molecule has 5 heteroatoms. The molecule has 5 nitrogen and oxygen atoms in total. The molecule has 1 unspecified atom stereocenters. The lowest BCUT2D eigenvalue weighted by Crippen LogP contribution is -2.25. The number of nitrogens with one attached hydrogen (secondary N) is 1. The van der Waals surface area contributed by atoms with Gasteiger partial charge in [0.25, 0.3) is 5.91 Å². The van der Waals surface area contributed by atoms with Crippen molar-refractivity contribution in [3.05, 3.63) is 71.3 Å². The molecule has 0 radical (unpaired) electrons. The summed E-state index contributed by atoms with van der Waals surface area (Å²) in [6.45, 7) is 0.405. The van der Waals surface area contributed by atoms with Crippen molar-refractivity contribution in [3.8, 4) is 0 Å². The first kappa shape index (κ1) is 16.7. The maximum Gasteiger partial charge on any atom is 0.251 e. The van der Waals surface area contributed by atoms with Crippen molar-refractivity contribution in [1.29, 1.82) is 0 Å². The number of nitrogens with zero attached hydrogens (tertiary/aromatic N) is 1. The lowest BCUT2D eigenvalue weighted by Gasteiger charge is -2.11. The van der Waals surface area contributed by atoms with Gasteiger partial charge >= 0.3 is 0 Å². The predicted octanol–water partition coefficient (Wildman–Crippen LogP) is 2.52. The molecule has 0 aliphatic rings. The zero-order chi connectivity index (χ0) is 16.5. The van der Waals surface area contributed by atoms with E-state index in [2.05, 4.69) is 15.3 Å². The van der Waals surface area contributed by atoms with Crippen LogP contribution in [0.25, 0.3) is 0 Å². The van der Waals surface area contributed by atoms with Gasteiger partial charge in [0.2, 0.25) is 0 Å². The van der Waals surface area contributed by atoms with Crippen LogP contribution in [0, 0.1) is 0 Å². The van der Waals surface area contributed by atoms with Gasteiger partial charge in [-0.25, -0.2) is 0 Å². The average Bonchev–Trinajstić information content (AvgIpc) is 2.61. The Morgan fingerprint density at radius 2 is 1.91 bits per heavy atom. The molecule has 0 heterocycles. The van der Waals surface area contributed by atoms with E-state index < -0.39 is 6.10 Å². The van der Waals surface area contributed by atoms with E-state index in [0.29, 0.717) is 18.5 Å². The average molecular weight is 312 g/mol. The Labute approximate surface area is 135 Å². The number of hydrogen-bond acceptors (Lipinski definition) is 4. The number of hydrogen-bond donors (Lipinski definition) is 2. The summed E-state index contributed by atoms with van der Waals surface area (Å²) in [5.74, 6) is -0.166. The molecule has 2 aromatic carbocycles. The van der Waals surface area contributed by atoms with Crippen LogP contribution in [0.1, 0.15) is 34.0 Å². The highest BCUT2D eigenvalue weighted by Crippen LogP contribution is 2.15. The summed E-state index contributed by atoms with van der Waals surface area (Å²) in [5, 5.41) is 16.5. The van der Waals surface area contributed by atoms with E-state index in [1.165, 1.54) is 7.11 Å². The molecule has 0 aliphatic carbocycles. The van der Waals surface area contributed by atoms with Gasteiger partial charge in [0.15, 0.2) is 0 Å². The highest BCUT2D eigenvalue weighted by atomic mass is 16.6. The molecule has 0 aliphatic heterocycles. The van der Waals surface area contributed by atoms with E-state index in [1.54, 1.807) is 30.5 Å². The third-order valence-electron chi connectivity index (χ3n) is 3.37. The molecule has 1 atom stereocenters. The van der Waals surface area contributed by atoms with E-state index in [9.17, 15) is 9.90 Å². The molecule has 2 rings (SSSR count). The molecule has 2 N–H and O–H groups in total. The summed E-state index contributed by atoms with van der Waals surface area (Å²) in [5.41, 5.74) is 2.26. The Morgan fingerprint density at radius 3 is 2.57 bits per heavy atom. The van der Waals surface area contributed by atoms with Gasteiger partial charge in [-0.2, -0.15) is 0 Å². The van der Waals surface area contributed by atoms with E-state index >= 15 is 0 Å². The third-order valence-corrected chi connectivity index (χ3v) is 3.37. The minimum atomic E-state index is -0.580. The number of aliphatic hydroxyl groups is 1. The van der Waals surface area contributed by atoms with Crippen LogP contribution in [0.3, 0.4) is 0 Å². The second-order valence-electron chi connectivity index (χ2n) is 5.01. The fraction of sp³-hybridized carbons (Fsp3) is 0.222. The standard InChI is InChI=1S/C18H20N2O3/c1-23-20-13-14-7-9-16(10-8-14)18(22)19-12-11-17(21)15-5-3-2-4-6-15/h2-10,13,17,21H,11-12H2,1H3,(H,19,22). The molecule has 0 saturated heterocycles. The van der Waals surface area contributed by atoms with Gasteiger partial charge in [0.1, 0.15) is 7.11 Å². The van der Waals surface area contributed by atoms with E-state index in [0.717, 1.165) is 11.1 Å². The second-order valence-corrected chi connectivity index (χ2v) is 5.01. The first-order valence-electron chi connectivity index (χ1n) is 7.38. The zero-order valence-electron chi connectivity index (χ0n) is 13.0. The number of benzene rings is 2. The fourth-order valence-corrected chi connectivity index (χ4v) is 2.10. The van der Waals surface area contributed by atoms with Gasteiger partial charge in [-0.15, -0.1) is 0 Å². The van der Waals surface area contributed by atoms with Gasteiger partial charge in [-0.3, -0.25) is 4.79 Å². The summed E-state index contributed by atoms with van der Waals surface area (Å²) < 4.78 is 0. The van der Waals surface area contributed by atoms with Crippen LogP contribution >= 0.6 is 0 Å². The molecule has 120 valence electrons. The summed E-state index contributed by atoms with van der Waals surface area (Å²) in [4.78, 5) is 16.6. The molecule has 0 saturated carbocycles. The number of rotatable bonds is 7. The smallest absolute Gasteiger partial charge is 0.251 e. The van der Waals surface area contributed by atoms with Crippen LogP contribution in [0.5, 0.6) is 0 Å². The maximum absolute atomic E-state index is 12.0. The van der Waals surface area contributed by atoms with Gasteiger partial charge < -0.3 is 15.3 Å². The van der Waals surface area contributed by atoms with Gasteiger partial charge in [0.05, 0.1) is 12.3 Å². The normalized spacial score (nSPS) is 12.1. The Hall–Kier alpha value is -2.66. The van der Waals surface area contributed by atoms with Gasteiger partial charge in [0, 0.05) is 12.1 Å². The fourth-order valence-electron chi connectivity index (χ4n) is 2.10. The van der Waals surface area contributed by atoms with Crippen molar-refractivity contribution in [3.63, 3.8) is 0 Å². The van der Waals surface area contributed by atoms with Crippen molar-refractivity contribution in [2.75, 3.05) is 13.7 Å². The largest absolute Gasteiger partial charge is 0.399 e. The Bertz CT molecular complexity index is 639. The summed E-state index contributed by atoms with van der Waals surface area (Å²) >= 11 is 0.